The van der Waals surface area contributed by atoms with Crippen LogP contribution in [0.25, 0.3) is 0 Å². The van der Waals surface area contributed by atoms with Gasteiger partial charge in [-0.3, -0.25) is 4.90 Å². The molecule has 14 heavy (non-hydrogen) atoms. The molecule has 0 aliphatic carbocycles. The molecule has 2 rings (SSSR count). The summed E-state index contributed by atoms with van der Waals surface area (Å²) in [6.07, 6.45) is 2.31. The van der Waals surface area contributed by atoms with Crippen LogP contribution in [0.5, 0.6) is 0 Å². The predicted octanol–water partition coefficient (Wildman–Crippen LogP) is 1.98. The lowest BCUT2D eigenvalue weighted by Gasteiger charge is -2.29. The smallest absolute Gasteiger partial charge is 0.0244 e. The molecule has 0 spiro atoms. The standard InChI is InChI=1S/C11H18N2S/c1-9-7-14-8-10(9)6-13-4-2-11(12)3-5-13/h7-8,11H,2-6,12H2,1H3. The monoisotopic (exact) mass is 210 g/mol. The van der Waals surface area contributed by atoms with Crippen molar-refractivity contribution in [2.75, 3.05) is 13.1 Å². The molecule has 1 aromatic rings. The van der Waals surface area contributed by atoms with Crippen molar-refractivity contribution >= 4 is 11.3 Å². The van der Waals surface area contributed by atoms with E-state index in [4.69, 9.17) is 5.73 Å². The summed E-state index contributed by atoms with van der Waals surface area (Å²) in [5.74, 6) is 0. The summed E-state index contributed by atoms with van der Waals surface area (Å²) in [5, 5.41) is 4.49. The minimum absolute atomic E-state index is 0.440. The molecule has 3 heteroatoms. The molecular formula is C11H18N2S. The average Bonchev–Trinajstić information content (AvgIpc) is 2.56. The minimum Gasteiger partial charge on any atom is -0.328 e. The molecule has 0 aromatic carbocycles. The first-order chi connectivity index (χ1) is 6.75. The lowest BCUT2D eigenvalue weighted by atomic mass is 10.1. The summed E-state index contributed by atoms with van der Waals surface area (Å²) in [6, 6.07) is 0.440. The Morgan fingerprint density at radius 3 is 2.71 bits per heavy atom. The SMILES string of the molecule is Cc1cscc1CN1CCC(N)CC1. The first-order valence-corrected chi connectivity index (χ1v) is 6.19. The van der Waals surface area contributed by atoms with Crippen LogP contribution in [0.2, 0.25) is 0 Å². The van der Waals surface area contributed by atoms with Gasteiger partial charge in [-0.15, -0.1) is 0 Å². The molecule has 0 unspecified atom stereocenters. The maximum atomic E-state index is 5.88. The molecule has 1 fully saturated rings. The van der Waals surface area contributed by atoms with Crippen molar-refractivity contribution in [1.29, 1.82) is 0 Å². The van der Waals surface area contributed by atoms with E-state index in [-0.39, 0.29) is 0 Å². The van der Waals surface area contributed by atoms with Crippen molar-refractivity contribution in [2.24, 2.45) is 5.73 Å². The van der Waals surface area contributed by atoms with Gasteiger partial charge in [0.1, 0.15) is 0 Å². The zero-order valence-electron chi connectivity index (χ0n) is 8.70. The second-order valence-corrected chi connectivity index (χ2v) is 4.94. The van der Waals surface area contributed by atoms with Gasteiger partial charge in [-0.05, 0) is 54.7 Å². The van der Waals surface area contributed by atoms with E-state index in [0.29, 0.717) is 6.04 Å². The first-order valence-electron chi connectivity index (χ1n) is 5.25. The van der Waals surface area contributed by atoms with Crippen LogP contribution in [0.4, 0.5) is 0 Å². The maximum absolute atomic E-state index is 5.88. The van der Waals surface area contributed by atoms with Gasteiger partial charge >= 0.3 is 0 Å². The molecule has 0 saturated carbocycles. The highest BCUT2D eigenvalue weighted by Crippen LogP contribution is 2.18. The van der Waals surface area contributed by atoms with Gasteiger partial charge < -0.3 is 5.73 Å². The van der Waals surface area contributed by atoms with Crippen LogP contribution >= 0.6 is 11.3 Å². The number of likely N-dealkylation sites (tertiary alicyclic amines) is 1. The fourth-order valence-corrected chi connectivity index (χ4v) is 2.75. The number of nitrogens with zero attached hydrogens (tertiary/aromatic N) is 1. The molecule has 1 aromatic heterocycles. The van der Waals surface area contributed by atoms with Crippen LogP contribution in [0.3, 0.4) is 0 Å². The lowest BCUT2D eigenvalue weighted by Crippen LogP contribution is -2.39. The Labute approximate surface area is 89.7 Å². The van der Waals surface area contributed by atoms with Gasteiger partial charge in [-0.25, -0.2) is 0 Å². The van der Waals surface area contributed by atoms with Crippen LogP contribution in [0, 0.1) is 6.92 Å². The van der Waals surface area contributed by atoms with E-state index in [1.54, 1.807) is 11.3 Å². The van der Waals surface area contributed by atoms with E-state index >= 15 is 0 Å². The van der Waals surface area contributed by atoms with Gasteiger partial charge in [0, 0.05) is 12.6 Å². The maximum Gasteiger partial charge on any atom is 0.0244 e. The molecule has 0 amide bonds. The van der Waals surface area contributed by atoms with Crippen molar-refractivity contribution in [1.82, 2.24) is 4.90 Å². The van der Waals surface area contributed by atoms with Crippen molar-refractivity contribution < 1.29 is 0 Å². The van der Waals surface area contributed by atoms with Crippen molar-refractivity contribution in [3.8, 4) is 0 Å². The summed E-state index contributed by atoms with van der Waals surface area (Å²) in [6.45, 7) is 5.64. The number of nitrogens with two attached hydrogens (primary N) is 1. The third-order valence-corrected chi connectivity index (χ3v) is 3.90. The number of aryl methyl sites for hydroxylation is 1. The zero-order chi connectivity index (χ0) is 9.97. The van der Waals surface area contributed by atoms with Gasteiger partial charge in [0.05, 0.1) is 0 Å². The minimum atomic E-state index is 0.440. The molecular weight excluding hydrogens is 192 g/mol. The number of rotatable bonds is 2. The predicted molar refractivity (Wildman–Crippen MR) is 61.5 cm³/mol. The molecule has 1 saturated heterocycles. The molecule has 0 bridgehead atoms. The molecule has 78 valence electrons. The second kappa shape index (κ2) is 4.43. The Kier molecular flexibility index (Phi) is 3.21. The molecule has 2 heterocycles. The highest BCUT2D eigenvalue weighted by Gasteiger charge is 2.16. The largest absolute Gasteiger partial charge is 0.328 e. The summed E-state index contributed by atoms with van der Waals surface area (Å²) in [7, 11) is 0. The number of hydrogen-bond acceptors (Lipinski definition) is 3. The van der Waals surface area contributed by atoms with Crippen LogP contribution in [-0.2, 0) is 6.54 Å². The third kappa shape index (κ3) is 2.35. The second-order valence-electron chi connectivity index (χ2n) is 4.19. The average molecular weight is 210 g/mol. The zero-order valence-corrected chi connectivity index (χ0v) is 9.52. The molecule has 1 aliphatic heterocycles. The Morgan fingerprint density at radius 1 is 1.43 bits per heavy atom. The van der Waals surface area contributed by atoms with E-state index in [9.17, 15) is 0 Å². The molecule has 2 nitrogen and oxygen atoms in total. The topological polar surface area (TPSA) is 29.3 Å². The lowest BCUT2D eigenvalue weighted by molar-refractivity contribution is 0.205. The summed E-state index contributed by atoms with van der Waals surface area (Å²) in [5.41, 5.74) is 8.80. The fraction of sp³-hybridized carbons (Fsp3) is 0.636. The van der Waals surface area contributed by atoms with Gasteiger partial charge in [-0.2, -0.15) is 11.3 Å². The Bertz CT molecular complexity index is 287. The van der Waals surface area contributed by atoms with Crippen LogP contribution < -0.4 is 5.73 Å². The van der Waals surface area contributed by atoms with Crippen molar-refractivity contribution in [3.05, 3.63) is 21.9 Å². The fourth-order valence-electron chi connectivity index (χ4n) is 1.90. The number of thiophene rings is 1. The summed E-state index contributed by atoms with van der Waals surface area (Å²) in [4.78, 5) is 2.51. The number of piperidine rings is 1. The van der Waals surface area contributed by atoms with Crippen LogP contribution in [0.1, 0.15) is 24.0 Å². The number of hydrogen-bond donors (Lipinski definition) is 1. The van der Waals surface area contributed by atoms with E-state index < -0.39 is 0 Å². The summed E-state index contributed by atoms with van der Waals surface area (Å²) >= 11 is 1.80. The van der Waals surface area contributed by atoms with Crippen molar-refractivity contribution in [3.63, 3.8) is 0 Å². The van der Waals surface area contributed by atoms with Gasteiger partial charge in [-0.1, -0.05) is 0 Å². The van der Waals surface area contributed by atoms with Gasteiger partial charge in [0.15, 0.2) is 0 Å². The molecule has 2 N–H and O–H groups in total. The molecule has 1 aliphatic rings. The van der Waals surface area contributed by atoms with Gasteiger partial charge in [0.2, 0.25) is 0 Å². The Hall–Kier alpha value is -0.380. The highest BCUT2D eigenvalue weighted by molar-refractivity contribution is 7.08. The first kappa shape index (κ1) is 10.1. The Morgan fingerprint density at radius 2 is 2.14 bits per heavy atom. The quantitative estimate of drug-likeness (QED) is 0.809. The van der Waals surface area contributed by atoms with E-state index in [1.165, 1.54) is 11.1 Å². The normalized spacial score (nSPS) is 20.1. The van der Waals surface area contributed by atoms with E-state index in [1.807, 2.05) is 0 Å². The highest BCUT2D eigenvalue weighted by atomic mass is 32.1. The summed E-state index contributed by atoms with van der Waals surface area (Å²) < 4.78 is 0. The molecule has 0 atom stereocenters. The van der Waals surface area contributed by atoms with E-state index in [0.717, 1.165) is 32.5 Å². The van der Waals surface area contributed by atoms with Crippen LogP contribution in [-0.4, -0.2) is 24.0 Å². The Balaban J connectivity index is 1.89. The van der Waals surface area contributed by atoms with Crippen molar-refractivity contribution in [2.45, 2.75) is 32.4 Å². The third-order valence-electron chi connectivity index (χ3n) is 2.99. The molecule has 0 radical (unpaired) electrons. The van der Waals surface area contributed by atoms with E-state index in [2.05, 4.69) is 22.6 Å². The van der Waals surface area contributed by atoms with Gasteiger partial charge in [0.25, 0.3) is 0 Å². The van der Waals surface area contributed by atoms with Crippen LogP contribution in [0.15, 0.2) is 10.8 Å².